The smallest absolute Gasteiger partial charge is 0.115 e. The molecule has 1 unspecified atom stereocenters. The van der Waals surface area contributed by atoms with Crippen LogP contribution in [0.15, 0.2) is 30.5 Å². The van der Waals surface area contributed by atoms with E-state index in [1.807, 2.05) is 18.3 Å². The molecule has 1 aromatic carbocycles. The molecule has 1 saturated heterocycles. The lowest BCUT2D eigenvalue weighted by Gasteiger charge is -2.23. The molecule has 2 heterocycles. The van der Waals surface area contributed by atoms with Crippen molar-refractivity contribution in [3.63, 3.8) is 0 Å². The molecule has 4 nitrogen and oxygen atoms in total. The normalized spacial score (nSPS) is 19.9. The van der Waals surface area contributed by atoms with Gasteiger partial charge < -0.3 is 10.4 Å². The van der Waals surface area contributed by atoms with Crippen LogP contribution in [0.4, 0.5) is 0 Å². The summed E-state index contributed by atoms with van der Waals surface area (Å²) in [5.74, 6) is 0.291. The second-order valence-electron chi connectivity index (χ2n) is 4.75. The van der Waals surface area contributed by atoms with E-state index in [4.69, 9.17) is 0 Å². The standard InChI is InChI=1S/C14H17N3O/c18-11-6-4-10(5-7-11)12-9-16-17-14(12)13-3-1-2-8-15-13/h4-7,9,13,15,18H,1-3,8H2,(H,16,17). The number of aromatic amines is 1. The number of nitrogens with zero attached hydrogens (tertiary/aromatic N) is 1. The molecule has 0 amide bonds. The zero-order valence-corrected chi connectivity index (χ0v) is 10.2. The number of aromatic hydroxyl groups is 1. The number of aromatic nitrogens is 2. The largest absolute Gasteiger partial charge is 0.508 e. The van der Waals surface area contributed by atoms with Crippen LogP contribution in [0.2, 0.25) is 0 Å². The van der Waals surface area contributed by atoms with Crippen molar-refractivity contribution in [1.29, 1.82) is 0 Å². The van der Waals surface area contributed by atoms with Gasteiger partial charge in [0.25, 0.3) is 0 Å². The third kappa shape index (κ3) is 2.11. The zero-order valence-electron chi connectivity index (χ0n) is 10.2. The Bertz CT molecular complexity index is 512. The summed E-state index contributed by atoms with van der Waals surface area (Å²) >= 11 is 0. The number of phenolic OH excluding ortho intramolecular Hbond substituents is 1. The van der Waals surface area contributed by atoms with Gasteiger partial charge in [0.1, 0.15) is 5.75 Å². The van der Waals surface area contributed by atoms with E-state index in [0.29, 0.717) is 11.8 Å². The summed E-state index contributed by atoms with van der Waals surface area (Å²) < 4.78 is 0. The Balaban J connectivity index is 1.93. The first-order chi connectivity index (χ1) is 8.84. The number of H-pyrrole nitrogens is 1. The van der Waals surface area contributed by atoms with Crippen molar-refractivity contribution in [3.05, 3.63) is 36.2 Å². The molecule has 1 aliphatic heterocycles. The lowest BCUT2D eigenvalue weighted by atomic mass is 9.96. The summed E-state index contributed by atoms with van der Waals surface area (Å²) in [6.07, 6.45) is 5.51. The van der Waals surface area contributed by atoms with Crippen molar-refractivity contribution in [1.82, 2.24) is 15.5 Å². The van der Waals surface area contributed by atoms with E-state index < -0.39 is 0 Å². The summed E-state index contributed by atoms with van der Waals surface area (Å²) in [4.78, 5) is 0. The number of hydrogen-bond acceptors (Lipinski definition) is 3. The summed E-state index contributed by atoms with van der Waals surface area (Å²) in [6.45, 7) is 1.07. The minimum Gasteiger partial charge on any atom is -0.508 e. The quantitative estimate of drug-likeness (QED) is 0.759. The molecule has 1 fully saturated rings. The maximum atomic E-state index is 9.34. The van der Waals surface area contributed by atoms with Crippen LogP contribution >= 0.6 is 0 Å². The van der Waals surface area contributed by atoms with Crippen LogP contribution in [-0.2, 0) is 0 Å². The number of piperidine rings is 1. The van der Waals surface area contributed by atoms with Crippen molar-refractivity contribution in [3.8, 4) is 16.9 Å². The molecule has 1 aromatic heterocycles. The average Bonchev–Trinajstić information content (AvgIpc) is 2.90. The molecule has 0 saturated carbocycles. The number of phenols is 1. The summed E-state index contributed by atoms with van der Waals surface area (Å²) in [5, 5.41) is 20.1. The minimum atomic E-state index is 0.291. The first-order valence-electron chi connectivity index (χ1n) is 6.40. The molecule has 0 spiro atoms. The van der Waals surface area contributed by atoms with E-state index in [2.05, 4.69) is 15.5 Å². The Morgan fingerprint density at radius 1 is 1.17 bits per heavy atom. The monoisotopic (exact) mass is 243 g/mol. The van der Waals surface area contributed by atoms with Crippen molar-refractivity contribution in [2.45, 2.75) is 25.3 Å². The lowest BCUT2D eigenvalue weighted by molar-refractivity contribution is 0.405. The molecule has 3 N–H and O–H groups in total. The van der Waals surface area contributed by atoms with Gasteiger partial charge in [0.2, 0.25) is 0 Å². The van der Waals surface area contributed by atoms with Crippen LogP contribution in [0.3, 0.4) is 0 Å². The second kappa shape index (κ2) is 4.82. The topological polar surface area (TPSA) is 60.9 Å². The number of rotatable bonds is 2. The van der Waals surface area contributed by atoms with E-state index >= 15 is 0 Å². The van der Waals surface area contributed by atoms with Crippen molar-refractivity contribution >= 4 is 0 Å². The van der Waals surface area contributed by atoms with Gasteiger partial charge in [0.05, 0.1) is 11.9 Å². The predicted octanol–water partition coefficient (Wildman–Crippen LogP) is 2.60. The van der Waals surface area contributed by atoms with Gasteiger partial charge in [-0.3, -0.25) is 5.10 Å². The highest BCUT2D eigenvalue weighted by molar-refractivity contribution is 5.66. The lowest BCUT2D eigenvalue weighted by Crippen LogP contribution is -2.27. The Kier molecular flexibility index (Phi) is 3.02. The van der Waals surface area contributed by atoms with Crippen molar-refractivity contribution in [2.24, 2.45) is 0 Å². The molecule has 1 aliphatic rings. The number of hydrogen-bond donors (Lipinski definition) is 3. The Labute approximate surface area is 106 Å². The van der Waals surface area contributed by atoms with E-state index in [9.17, 15) is 5.11 Å². The van der Waals surface area contributed by atoms with E-state index in [0.717, 1.165) is 29.8 Å². The molecule has 0 aliphatic carbocycles. The Hall–Kier alpha value is -1.81. The van der Waals surface area contributed by atoms with Gasteiger partial charge in [-0.05, 0) is 37.1 Å². The van der Waals surface area contributed by atoms with Crippen LogP contribution < -0.4 is 5.32 Å². The third-order valence-corrected chi connectivity index (χ3v) is 3.51. The molecule has 18 heavy (non-hydrogen) atoms. The zero-order chi connectivity index (χ0) is 12.4. The highest BCUT2D eigenvalue weighted by Crippen LogP contribution is 2.31. The molecule has 94 valence electrons. The maximum Gasteiger partial charge on any atom is 0.115 e. The minimum absolute atomic E-state index is 0.291. The molecular weight excluding hydrogens is 226 g/mol. The van der Waals surface area contributed by atoms with Crippen LogP contribution in [0, 0.1) is 0 Å². The fraction of sp³-hybridized carbons (Fsp3) is 0.357. The molecule has 3 rings (SSSR count). The van der Waals surface area contributed by atoms with Crippen LogP contribution in [0.25, 0.3) is 11.1 Å². The Morgan fingerprint density at radius 2 is 2.00 bits per heavy atom. The first-order valence-corrected chi connectivity index (χ1v) is 6.40. The van der Waals surface area contributed by atoms with Gasteiger partial charge in [-0.2, -0.15) is 5.10 Å². The molecule has 1 atom stereocenters. The fourth-order valence-corrected chi connectivity index (χ4v) is 2.53. The molecular formula is C14H17N3O. The molecule has 2 aromatic rings. The van der Waals surface area contributed by atoms with Crippen LogP contribution in [-0.4, -0.2) is 21.8 Å². The van der Waals surface area contributed by atoms with Gasteiger partial charge in [-0.15, -0.1) is 0 Å². The van der Waals surface area contributed by atoms with Gasteiger partial charge in [0, 0.05) is 11.6 Å². The predicted molar refractivity (Wildman–Crippen MR) is 70.3 cm³/mol. The summed E-state index contributed by atoms with van der Waals surface area (Å²) in [7, 11) is 0. The number of nitrogens with one attached hydrogen (secondary N) is 2. The van der Waals surface area contributed by atoms with Crippen LogP contribution in [0.1, 0.15) is 31.0 Å². The highest BCUT2D eigenvalue weighted by Gasteiger charge is 2.20. The van der Waals surface area contributed by atoms with Gasteiger partial charge >= 0.3 is 0 Å². The van der Waals surface area contributed by atoms with E-state index in [1.165, 1.54) is 12.8 Å². The van der Waals surface area contributed by atoms with Crippen molar-refractivity contribution in [2.75, 3.05) is 6.54 Å². The molecule has 4 heteroatoms. The third-order valence-electron chi connectivity index (χ3n) is 3.51. The van der Waals surface area contributed by atoms with E-state index in [1.54, 1.807) is 12.1 Å². The summed E-state index contributed by atoms with van der Waals surface area (Å²) in [5.41, 5.74) is 3.36. The van der Waals surface area contributed by atoms with Gasteiger partial charge in [0.15, 0.2) is 0 Å². The average molecular weight is 243 g/mol. The van der Waals surface area contributed by atoms with Crippen LogP contribution in [0.5, 0.6) is 5.75 Å². The Morgan fingerprint density at radius 3 is 2.72 bits per heavy atom. The fourth-order valence-electron chi connectivity index (χ4n) is 2.53. The van der Waals surface area contributed by atoms with Gasteiger partial charge in [-0.1, -0.05) is 18.6 Å². The highest BCUT2D eigenvalue weighted by atomic mass is 16.3. The molecule has 0 radical (unpaired) electrons. The SMILES string of the molecule is Oc1ccc(-c2cn[nH]c2C2CCCCN2)cc1. The maximum absolute atomic E-state index is 9.34. The van der Waals surface area contributed by atoms with Crippen molar-refractivity contribution < 1.29 is 5.11 Å². The van der Waals surface area contributed by atoms with E-state index in [-0.39, 0.29) is 0 Å². The summed E-state index contributed by atoms with van der Waals surface area (Å²) in [6, 6.07) is 7.63. The first kappa shape index (κ1) is 11.3. The van der Waals surface area contributed by atoms with Gasteiger partial charge in [-0.25, -0.2) is 0 Å². The number of benzene rings is 1. The molecule has 0 bridgehead atoms. The second-order valence-corrected chi connectivity index (χ2v) is 4.75.